The van der Waals surface area contributed by atoms with Gasteiger partial charge in [-0.2, -0.15) is 0 Å². The Labute approximate surface area is 367 Å². The molecule has 4 aliphatic rings. The topological polar surface area (TPSA) is 229 Å². The number of methoxy groups -OCH3 is 1. The van der Waals surface area contributed by atoms with E-state index < -0.39 is 134 Å². The van der Waals surface area contributed by atoms with Crippen LogP contribution in [0.4, 0.5) is 0 Å². The van der Waals surface area contributed by atoms with Crippen molar-refractivity contribution in [1.29, 1.82) is 0 Å². The van der Waals surface area contributed by atoms with Gasteiger partial charge in [-0.3, -0.25) is 9.59 Å². The molecular weight excluding hydrogens is 810 g/mol. The SMILES string of the molecule is CC[C@H]1OC(=O)C[C@@H](O)[C@H](C)[C@@H](OC2OC(C)C(OC3CC(C)(O)C(O)C(C)O3)C(N(C)C)C2O)[C@@H](CC=O)C[C@@H](C)C(=O)/C=C/C(C)=C/[C@@H]1COC1CC(OC)C(O)C(C)O1. The van der Waals surface area contributed by atoms with Crippen LogP contribution in [0.1, 0.15) is 93.9 Å². The smallest absolute Gasteiger partial charge is 0.308 e. The fourth-order valence-corrected chi connectivity index (χ4v) is 9.23. The van der Waals surface area contributed by atoms with Crippen molar-refractivity contribution in [2.75, 3.05) is 27.8 Å². The summed E-state index contributed by atoms with van der Waals surface area (Å²) in [5, 5.41) is 55.5. The van der Waals surface area contributed by atoms with Gasteiger partial charge in [-0.15, -0.1) is 0 Å². The molecule has 356 valence electrons. The second kappa shape index (κ2) is 23.3. The maximum absolute atomic E-state index is 13.7. The first-order valence-electron chi connectivity index (χ1n) is 22.2. The highest BCUT2D eigenvalue weighted by Crippen LogP contribution is 2.37. The number of aldehydes is 1. The van der Waals surface area contributed by atoms with Gasteiger partial charge < -0.3 is 73.1 Å². The minimum Gasteiger partial charge on any atom is -0.462 e. The molecule has 62 heavy (non-hydrogen) atoms. The minimum atomic E-state index is -1.48. The van der Waals surface area contributed by atoms with Crippen molar-refractivity contribution < 1.29 is 77.8 Å². The van der Waals surface area contributed by atoms with E-state index in [9.17, 15) is 39.9 Å². The Morgan fingerprint density at radius 2 is 1.58 bits per heavy atom. The monoisotopic (exact) mass is 886 g/mol. The zero-order valence-electron chi connectivity index (χ0n) is 38.4. The Hall–Kier alpha value is -2.23. The summed E-state index contributed by atoms with van der Waals surface area (Å²) in [7, 11) is 5.03. The Morgan fingerprint density at radius 3 is 2.19 bits per heavy atom. The molecule has 4 rings (SSSR count). The van der Waals surface area contributed by atoms with Crippen LogP contribution in [0.5, 0.6) is 0 Å². The second-order valence-corrected chi connectivity index (χ2v) is 18.4. The molecule has 3 saturated heterocycles. The molecule has 3 fully saturated rings. The fourth-order valence-electron chi connectivity index (χ4n) is 9.23. The number of aliphatic hydroxyl groups excluding tert-OH is 4. The largest absolute Gasteiger partial charge is 0.462 e. The van der Waals surface area contributed by atoms with Crippen molar-refractivity contribution in [3.8, 4) is 0 Å². The Kier molecular flexibility index (Phi) is 19.7. The first-order chi connectivity index (χ1) is 29.1. The van der Waals surface area contributed by atoms with Crippen LogP contribution in [0.3, 0.4) is 0 Å². The van der Waals surface area contributed by atoms with Gasteiger partial charge in [0.15, 0.2) is 24.7 Å². The fraction of sp³-hybridized carbons (Fsp3) is 0.844. The van der Waals surface area contributed by atoms with Crippen LogP contribution in [-0.4, -0.2) is 174 Å². The van der Waals surface area contributed by atoms with Crippen LogP contribution < -0.4 is 0 Å². The predicted octanol–water partition coefficient (Wildman–Crippen LogP) is 2.21. The standard InChI is InChI=1S/C45H75NO16/c1-12-33-30(22-56-36-20-34(55-11)39(51)26(5)57-36)17-23(2)13-14-31(48)24(3)18-29(15-16-47)41(25(4)32(49)19-35(50)60-33)62-44-40(52)38(46(9)10)42(27(6)59-44)61-37-21-45(8,54)43(53)28(7)58-37/h13-14,16-17,24-30,32-34,36-44,49,51-54H,12,15,18-22H2,1-11H3/b14-13+,23-17+/t24-,25+,26?,27?,28?,29+,30-,32-,33-,34?,36?,37?,38?,39?,40?,41-,42?,43?,44?,45?/m1/s1. The van der Waals surface area contributed by atoms with Gasteiger partial charge in [0.25, 0.3) is 0 Å². The van der Waals surface area contributed by atoms with Crippen molar-refractivity contribution in [2.24, 2.45) is 23.7 Å². The molecule has 0 radical (unpaired) electrons. The number of esters is 1. The van der Waals surface area contributed by atoms with E-state index in [2.05, 4.69) is 0 Å². The highest BCUT2D eigenvalue weighted by atomic mass is 16.7. The molecule has 0 amide bonds. The van der Waals surface area contributed by atoms with E-state index in [-0.39, 0.29) is 38.1 Å². The third kappa shape index (κ3) is 13.4. The third-order valence-corrected chi connectivity index (χ3v) is 13.1. The van der Waals surface area contributed by atoms with Crippen LogP contribution in [0.2, 0.25) is 0 Å². The molecule has 20 atom stereocenters. The van der Waals surface area contributed by atoms with Crippen LogP contribution in [0, 0.1) is 23.7 Å². The second-order valence-electron chi connectivity index (χ2n) is 18.4. The van der Waals surface area contributed by atoms with E-state index in [1.54, 1.807) is 59.7 Å². The highest BCUT2D eigenvalue weighted by molar-refractivity contribution is 5.91. The minimum absolute atomic E-state index is 0.0314. The number of cyclic esters (lactones) is 1. The van der Waals surface area contributed by atoms with Gasteiger partial charge >= 0.3 is 5.97 Å². The first kappa shape index (κ1) is 52.4. The lowest BCUT2D eigenvalue weighted by atomic mass is 9.79. The molecule has 0 aliphatic carbocycles. The summed E-state index contributed by atoms with van der Waals surface area (Å²) in [6.07, 6.45) is -6.42. The van der Waals surface area contributed by atoms with E-state index in [4.69, 9.17) is 37.9 Å². The van der Waals surface area contributed by atoms with E-state index >= 15 is 0 Å². The maximum atomic E-state index is 13.7. The number of nitrogens with zero attached hydrogens (tertiary/aromatic N) is 1. The van der Waals surface area contributed by atoms with Crippen LogP contribution in [-0.2, 0) is 52.3 Å². The molecule has 0 spiro atoms. The summed E-state index contributed by atoms with van der Waals surface area (Å²) in [4.78, 5) is 41.4. The lowest BCUT2D eigenvalue weighted by Crippen LogP contribution is -2.65. The summed E-state index contributed by atoms with van der Waals surface area (Å²) in [5.41, 5.74) is -0.771. The zero-order chi connectivity index (χ0) is 46.2. The van der Waals surface area contributed by atoms with Gasteiger partial charge in [0, 0.05) is 44.1 Å². The molecule has 0 aromatic carbocycles. The lowest BCUT2D eigenvalue weighted by molar-refractivity contribution is -0.341. The van der Waals surface area contributed by atoms with Crippen molar-refractivity contribution in [3.05, 3.63) is 23.8 Å². The molecule has 0 saturated carbocycles. The number of hydrogen-bond donors (Lipinski definition) is 5. The number of ketones is 1. The molecule has 17 nitrogen and oxygen atoms in total. The number of hydrogen-bond acceptors (Lipinski definition) is 17. The van der Waals surface area contributed by atoms with Crippen molar-refractivity contribution in [1.82, 2.24) is 4.90 Å². The number of allylic oxidation sites excluding steroid dienone is 3. The quantitative estimate of drug-likeness (QED) is 0.140. The van der Waals surface area contributed by atoms with Crippen molar-refractivity contribution in [2.45, 2.75) is 192 Å². The lowest BCUT2D eigenvalue weighted by Gasteiger charge is -2.50. The molecule has 0 aromatic rings. The predicted molar refractivity (Wildman–Crippen MR) is 224 cm³/mol. The molecule has 0 aromatic heterocycles. The van der Waals surface area contributed by atoms with Crippen LogP contribution >= 0.6 is 0 Å². The number of carbonyl (C=O) groups excluding carboxylic acids is 3. The molecule has 0 bridgehead atoms. The molecule has 13 unspecified atom stereocenters. The van der Waals surface area contributed by atoms with Gasteiger partial charge in [0.05, 0.1) is 61.3 Å². The van der Waals surface area contributed by atoms with Crippen LogP contribution in [0.15, 0.2) is 23.8 Å². The summed E-state index contributed by atoms with van der Waals surface area (Å²) < 4.78 is 48.8. The summed E-state index contributed by atoms with van der Waals surface area (Å²) in [6, 6.07) is -0.740. The number of ether oxygens (including phenoxy) is 8. The highest BCUT2D eigenvalue weighted by Gasteiger charge is 2.51. The van der Waals surface area contributed by atoms with Crippen LogP contribution in [0.25, 0.3) is 0 Å². The maximum Gasteiger partial charge on any atom is 0.308 e. The Morgan fingerprint density at radius 1 is 0.903 bits per heavy atom. The number of likely N-dealkylation sites (N-methyl/N-ethyl adjacent to an activating group) is 1. The van der Waals surface area contributed by atoms with Gasteiger partial charge in [-0.25, -0.2) is 0 Å². The first-order valence-corrected chi connectivity index (χ1v) is 22.2. The number of rotatable bonds is 12. The van der Waals surface area contributed by atoms with E-state index in [1.165, 1.54) is 20.1 Å². The molecule has 4 heterocycles. The van der Waals surface area contributed by atoms with Crippen molar-refractivity contribution in [3.63, 3.8) is 0 Å². The molecule has 5 N–H and O–H groups in total. The van der Waals surface area contributed by atoms with Gasteiger partial charge in [0.1, 0.15) is 36.8 Å². The molecule has 17 heteroatoms. The molecule has 4 aliphatic heterocycles. The average molecular weight is 886 g/mol. The van der Waals surface area contributed by atoms with Gasteiger partial charge in [-0.1, -0.05) is 38.5 Å². The number of carbonyl (C=O) groups is 3. The number of aliphatic hydroxyl groups is 5. The zero-order valence-corrected chi connectivity index (χ0v) is 38.4. The summed E-state index contributed by atoms with van der Waals surface area (Å²) in [5.74, 6) is -3.43. The van der Waals surface area contributed by atoms with Crippen molar-refractivity contribution >= 4 is 18.0 Å². The average Bonchev–Trinajstić information content (AvgIpc) is 3.20. The summed E-state index contributed by atoms with van der Waals surface area (Å²) in [6.45, 7) is 13.8. The summed E-state index contributed by atoms with van der Waals surface area (Å²) >= 11 is 0. The normalized spacial score (nSPS) is 45.8. The van der Waals surface area contributed by atoms with E-state index in [0.717, 1.165) is 6.29 Å². The molecular formula is C45H75NO16. The van der Waals surface area contributed by atoms with E-state index in [0.29, 0.717) is 12.0 Å². The Bertz CT molecular complexity index is 1510. The van der Waals surface area contributed by atoms with Gasteiger partial charge in [-0.05, 0) is 73.5 Å². The third-order valence-electron chi connectivity index (χ3n) is 13.1. The Balaban J connectivity index is 1.60. The van der Waals surface area contributed by atoms with E-state index in [1.807, 2.05) is 19.9 Å². The van der Waals surface area contributed by atoms with Gasteiger partial charge in [0.2, 0.25) is 0 Å².